The van der Waals surface area contributed by atoms with E-state index in [1.807, 2.05) is 64.2 Å². The van der Waals surface area contributed by atoms with Crippen molar-refractivity contribution in [1.82, 2.24) is 4.90 Å². The van der Waals surface area contributed by atoms with Gasteiger partial charge in [-0.1, -0.05) is 17.7 Å². The molecule has 1 fully saturated rings. The number of nitrogens with one attached hydrogen (secondary N) is 1. The Kier molecular flexibility index (Phi) is 6.65. The lowest BCUT2D eigenvalue weighted by Gasteiger charge is -2.12. The van der Waals surface area contributed by atoms with Crippen molar-refractivity contribution in [3.05, 3.63) is 59.6 Å². The lowest BCUT2D eigenvalue weighted by atomic mass is 10.2. The van der Waals surface area contributed by atoms with Crippen LogP contribution in [0.3, 0.4) is 0 Å². The van der Waals surface area contributed by atoms with Gasteiger partial charge in [-0.3, -0.25) is 19.3 Å². The van der Waals surface area contributed by atoms with Crippen LogP contribution in [0.5, 0.6) is 5.75 Å². The van der Waals surface area contributed by atoms with Crippen LogP contribution in [0.2, 0.25) is 0 Å². The van der Waals surface area contributed by atoms with Gasteiger partial charge >= 0.3 is 0 Å². The maximum absolute atomic E-state index is 12.6. The Hall–Kier alpha value is -1.60. The third-order valence-electron chi connectivity index (χ3n) is 3.85. The standard InChI is InChI=1S/C19H14I2N2O4S/c1-10-2-4-12(5-3-10)22-16(24)9-23-18(26)15(28-19(23)27)8-11-6-13(20)17(25)14(21)7-11/h2-8,25H,9H2,1H3,(H,22,24)/b15-8+. The second kappa shape index (κ2) is 8.82. The monoisotopic (exact) mass is 620 g/mol. The quantitative estimate of drug-likeness (QED) is 0.386. The molecule has 1 aliphatic rings. The molecule has 6 nitrogen and oxygen atoms in total. The number of aromatic hydroxyl groups is 1. The van der Waals surface area contributed by atoms with Crippen molar-refractivity contribution in [2.75, 3.05) is 11.9 Å². The Balaban J connectivity index is 1.72. The van der Waals surface area contributed by atoms with Crippen LogP contribution in [0.15, 0.2) is 41.3 Å². The molecule has 1 saturated heterocycles. The number of imide groups is 1. The number of hydrogen-bond acceptors (Lipinski definition) is 5. The molecule has 0 atom stereocenters. The summed E-state index contributed by atoms with van der Waals surface area (Å²) in [6.45, 7) is 1.59. The number of hydrogen-bond donors (Lipinski definition) is 2. The van der Waals surface area contributed by atoms with Crippen molar-refractivity contribution in [3.8, 4) is 5.75 Å². The summed E-state index contributed by atoms with van der Waals surface area (Å²) in [5, 5.41) is 12.0. The van der Waals surface area contributed by atoms with Crippen LogP contribution in [0.1, 0.15) is 11.1 Å². The van der Waals surface area contributed by atoms with Crippen LogP contribution in [0.25, 0.3) is 6.08 Å². The first-order valence-electron chi connectivity index (χ1n) is 8.04. The molecule has 2 N–H and O–H groups in total. The molecule has 3 rings (SSSR count). The average molecular weight is 620 g/mol. The van der Waals surface area contributed by atoms with Crippen molar-refractivity contribution in [3.63, 3.8) is 0 Å². The molecule has 1 aliphatic heterocycles. The summed E-state index contributed by atoms with van der Waals surface area (Å²) < 4.78 is 1.29. The molecule has 0 saturated carbocycles. The molecule has 28 heavy (non-hydrogen) atoms. The van der Waals surface area contributed by atoms with Gasteiger partial charge in [0.05, 0.1) is 12.0 Å². The number of benzene rings is 2. The molecule has 2 aromatic rings. The Morgan fingerprint density at radius 1 is 1.18 bits per heavy atom. The van der Waals surface area contributed by atoms with E-state index in [2.05, 4.69) is 5.32 Å². The SMILES string of the molecule is Cc1ccc(NC(=O)CN2C(=O)S/C(=C/c3cc(I)c(O)c(I)c3)C2=O)cc1. The predicted octanol–water partition coefficient (Wildman–Crippen LogP) is 4.58. The predicted molar refractivity (Wildman–Crippen MR) is 126 cm³/mol. The molecule has 2 aromatic carbocycles. The highest BCUT2D eigenvalue weighted by atomic mass is 127. The molecule has 9 heteroatoms. The first-order chi connectivity index (χ1) is 13.2. The van der Waals surface area contributed by atoms with Crippen molar-refractivity contribution in [2.45, 2.75) is 6.92 Å². The average Bonchev–Trinajstić information content (AvgIpc) is 2.89. The molecular weight excluding hydrogens is 606 g/mol. The number of phenols is 1. The zero-order chi connectivity index (χ0) is 20.4. The van der Waals surface area contributed by atoms with Crippen molar-refractivity contribution < 1.29 is 19.5 Å². The van der Waals surface area contributed by atoms with Gasteiger partial charge in [0, 0.05) is 5.69 Å². The highest BCUT2D eigenvalue weighted by molar-refractivity contribution is 14.1. The third kappa shape index (κ3) is 4.87. The minimum Gasteiger partial charge on any atom is -0.506 e. The van der Waals surface area contributed by atoms with Crippen LogP contribution in [0.4, 0.5) is 10.5 Å². The first-order valence-corrected chi connectivity index (χ1v) is 11.0. The number of nitrogens with zero attached hydrogens (tertiary/aromatic N) is 1. The van der Waals surface area contributed by atoms with Gasteiger partial charge in [-0.15, -0.1) is 0 Å². The van der Waals surface area contributed by atoms with Crippen LogP contribution < -0.4 is 5.32 Å². The second-order valence-corrected chi connectivity index (χ2v) is 9.33. The van der Waals surface area contributed by atoms with Gasteiger partial charge in [0.25, 0.3) is 11.1 Å². The van der Waals surface area contributed by atoms with Gasteiger partial charge in [0.1, 0.15) is 12.3 Å². The van der Waals surface area contributed by atoms with E-state index in [-0.39, 0.29) is 17.2 Å². The largest absolute Gasteiger partial charge is 0.506 e. The van der Waals surface area contributed by atoms with Crippen molar-refractivity contribution in [1.29, 1.82) is 0 Å². The number of carbonyl (C=O) groups is 3. The van der Waals surface area contributed by atoms with Crippen LogP contribution in [0, 0.1) is 14.1 Å². The lowest BCUT2D eigenvalue weighted by molar-refractivity contribution is -0.127. The highest BCUT2D eigenvalue weighted by Crippen LogP contribution is 2.34. The summed E-state index contributed by atoms with van der Waals surface area (Å²) in [5.74, 6) is -0.771. The van der Waals surface area contributed by atoms with E-state index in [4.69, 9.17) is 0 Å². The van der Waals surface area contributed by atoms with E-state index >= 15 is 0 Å². The molecule has 0 aliphatic carbocycles. The van der Waals surface area contributed by atoms with E-state index in [0.29, 0.717) is 18.4 Å². The summed E-state index contributed by atoms with van der Waals surface area (Å²) in [4.78, 5) is 38.2. The first kappa shape index (κ1) is 21.1. The fourth-order valence-electron chi connectivity index (χ4n) is 2.44. The van der Waals surface area contributed by atoms with Crippen molar-refractivity contribution in [2.24, 2.45) is 0 Å². The minimum absolute atomic E-state index is 0.180. The van der Waals surface area contributed by atoms with E-state index in [1.165, 1.54) is 0 Å². The number of anilines is 1. The number of carbonyl (C=O) groups excluding carboxylic acids is 3. The maximum Gasteiger partial charge on any atom is 0.294 e. The molecule has 0 radical (unpaired) electrons. The lowest BCUT2D eigenvalue weighted by Crippen LogP contribution is -2.36. The summed E-state index contributed by atoms with van der Waals surface area (Å²) in [5.41, 5.74) is 2.36. The molecule has 0 spiro atoms. The molecule has 0 unspecified atom stereocenters. The number of halogens is 2. The van der Waals surface area contributed by atoms with Crippen LogP contribution >= 0.6 is 56.9 Å². The third-order valence-corrected chi connectivity index (χ3v) is 6.40. The van der Waals surface area contributed by atoms with Crippen LogP contribution in [-0.2, 0) is 9.59 Å². The Labute approximate surface area is 193 Å². The number of thioether (sulfide) groups is 1. The van der Waals surface area contributed by atoms with E-state index in [9.17, 15) is 19.5 Å². The number of rotatable bonds is 4. The summed E-state index contributed by atoms with van der Waals surface area (Å²) >= 11 is 4.79. The number of phenolic OH excluding ortho intramolecular Hbond substituents is 1. The Bertz CT molecular complexity index is 982. The summed E-state index contributed by atoms with van der Waals surface area (Å²) in [6, 6.07) is 10.7. The van der Waals surface area contributed by atoms with E-state index in [0.717, 1.165) is 22.2 Å². The van der Waals surface area contributed by atoms with Gasteiger partial charge in [-0.25, -0.2) is 0 Å². The number of amides is 3. The van der Waals surface area contributed by atoms with Gasteiger partial charge in [0.2, 0.25) is 5.91 Å². The van der Waals surface area contributed by atoms with Crippen LogP contribution in [-0.4, -0.2) is 33.6 Å². The highest BCUT2D eigenvalue weighted by Gasteiger charge is 2.36. The van der Waals surface area contributed by atoms with Crippen molar-refractivity contribution >= 4 is 85.8 Å². The Morgan fingerprint density at radius 3 is 2.39 bits per heavy atom. The second-order valence-electron chi connectivity index (χ2n) is 6.02. The van der Waals surface area contributed by atoms with E-state index in [1.54, 1.807) is 30.3 Å². The molecule has 1 heterocycles. The normalized spacial score (nSPS) is 15.4. The summed E-state index contributed by atoms with van der Waals surface area (Å²) in [7, 11) is 0. The van der Waals surface area contributed by atoms with E-state index < -0.39 is 17.1 Å². The molecular formula is C19H14I2N2O4S. The smallest absolute Gasteiger partial charge is 0.294 e. The molecule has 0 aromatic heterocycles. The molecule has 0 bridgehead atoms. The molecule has 144 valence electrons. The van der Waals surface area contributed by atoms with Gasteiger partial charge in [-0.2, -0.15) is 0 Å². The maximum atomic E-state index is 12.6. The number of aryl methyl sites for hydroxylation is 1. The van der Waals surface area contributed by atoms with Gasteiger partial charge in [0.15, 0.2) is 0 Å². The fraction of sp³-hybridized carbons (Fsp3) is 0.105. The zero-order valence-electron chi connectivity index (χ0n) is 14.5. The summed E-state index contributed by atoms with van der Waals surface area (Å²) in [6.07, 6.45) is 1.59. The Morgan fingerprint density at radius 2 is 1.79 bits per heavy atom. The zero-order valence-corrected chi connectivity index (χ0v) is 19.7. The molecule has 3 amide bonds. The minimum atomic E-state index is -0.507. The van der Waals surface area contributed by atoms with Gasteiger partial charge < -0.3 is 10.4 Å². The topological polar surface area (TPSA) is 86.7 Å². The van der Waals surface area contributed by atoms with Gasteiger partial charge in [-0.05, 0) is 99.8 Å². The fourth-order valence-corrected chi connectivity index (χ4v) is 5.09.